The van der Waals surface area contributed by atoms with Crippen molar-refractivity contribution in [1.82, 2.24) is 9.55 Å². The number of hydrogen-bond donors (Lipinski definition) is 0. The summed E-state index contributed by atoms with van der Waals surface area (Å²) in [6.45, 7) is 8.12. The third-order valence-corrected chi connectivity index (χ3v) is 2.46. The smallest absolute Gasteiger partial charge is 0.156 e. The van der Waals surface area contributed by atoms with Crippen LogP contribution in [0.1, 0.15) is 27.7 Å². The number of nitrogens with zero attached hydrogens (tertiary/aromatic N) is 3. The van der Waals surface area contributed by atoms with Gasteiger partial charge in [-0.25, -0.2) is 4.98 Å². The van der Waals surface area contributed by atoms with Crippen LogP contribution < -0.4 is 0 Å². The maximum Gasteiger partial charge on any atom is 0.156 e. The lowest BCUT2D eigenvalue weighted by atomic mass is 10.0. The molecule has 0 aromatic carbocycles. The van der Waals surface area contributed by atoms with Crippen molar-refractivity contribution in [3.63, 3.8) is 0 Å². The summed E-state index contributed by atoms with van der Waals surface area (Å²) in [5.74, 6) is 0. The summed E-state index contributed by atoms with van der Waals surface area (Å²) in [7, 11) is 0. The van der Waals surface area contributed by atoms with Gasteiger partial charge in [0.1, 0.15) is 5.60 Å². The minimum absolute atomic E-state index is 0.337. The van der Waals surface area contributed by atoms with Crippen molar-refractivity contribution in [3.8, 4) is 6.07 Å². The molecule has 0 aliphatic heterocycles. The SMILES string of the molecule is CCO[C@H](C)OC(C)(C)/C(=C/C#N)n1ccnc1. The van der Waals surface area contributed by atoms with E-state index in [-0.39, 0.29) is 6.29 Å². The molecule has 0 N–H and O–H groups in total. The Bertz CT molecular complexity index is 430. The Hall–Kier alpha value is -1.64. The summed E-state index contributed by atoms with van der Waals surface area (Å²) in [5.41, 5.74) is 0.0689. The van der Waals surface area contributed by atoms with Gasteiger partial charge < -0.3 is 14.0 Å². The zero-order chi connectivity index (χ0) is 13.6. The lowest BCUT2D eigenvalue weighted by Gasteiger charge is -2.31. The Morgan fingerprint density at radius 3 is 2.83 bits per heavy atom. The van der Waals surface area contributed by atoms with Gasteiger partial charge in [0.15, 0.2) is 6.29 Å². The standard InChI is InChI=1S/C13H19N3O2/c1-5-17-11(2)18-13(3,4)12(6-7-14)16-9-8-15-10-16/h6,8-11H,5H2,1-4H3/b12-6-/t11-/m0/s1. The maximum absolute atomic E-state index is 8.89. The van der Waals surface area contributed by atoms with Gasteiger partial charge in [0, 0.05) is 25.1 Å². The van der Waals surface area contributed by atoms with Gasteiger partial charge in [-0.05, 0) is 27.7 Å². The van der Waals surface area contributed by atoms with Crippen LogP contribution in [-0.2, 0) is 9.47 Å². The molecule has 0 aliphatic carbocycles. The predicted octanol–water partition coefficient (Wildman–Crippen LogP) is 2.43. The predicted molar refractivity (Wildman–Crippen MR) is 68.4 cm³/mol. The first-order valence-electron chi connectivity index (χ1n) is 5.89. The molecule has 0 bridgehead atoms. The number of rotatable bonds is 6. The van der Waals surface area contributed by atoms with Crippen LogP contribution in [0.15, 0.2) is 24.8 Å². The molecule has 98 valence electrons. The first-order chi connectivity index (χ1) is 8.51. The van der Waals surface area contributed by atoms with E-state index in [1.807, 2.05) is 33.8 Å². The molecule has 0 aliphatic rings. The summed E-state index contributed by atoms with van der Waals surface area (Å²) >= 11 is 0. The van der Waals surface area contributed by atoms with E-state index in [0.29, 0.717) is 12.3 Å². The summed E-state index contributed by atoms with van der Waals surface area (Å²) in [6, 6.07) is 2.04. The Labute approximate surface area is 108 Å². The van der Waals surface area contributed by atoms with Crippen molar-refractivity contribution < 1.29 is 9.47 Å². The van der Waals surface area contributed by atoms with Crippen molar-refractivity contribution in [2.24, 2.45) is 0 Å². The molecule has 5 heteroatoms. The Morgan fingerprint density at radius 1 is 1.61 bits per heavy atom. The number of nitriles is 1. The molecule has 1 aromatic rings. The first-order valence-corrected chi connectivity index (χ1v) is 5.89. The lowest BCUT2D eigenvalue weighted by Crippen LogP contribution is -2.34. The topological polar surface area (TPSA) is 60.1 Å². The number of allylic oxidation sites excluding steroid dienone is 1. The van der Waals surface area contributed by atoms with Gasteiger partial charge in [-0.3, -0.25) is 0 Å². The quantitative estimate of drug-likeness (QED) is 0.574. The van der Waals surface area contributed by atoms with E-state index in [4.69, 9.17) is 14.7 Å². The number of imidazole rings is 1. The minimum Gasteiger partial charge on any atom is -0.353 e. The minimum atomic E-state index is -0.648. The monoisotopic (exact) mass is 249 g/mol. The van der Waals surface area contributed by atoms with E-state index in [1.54, 1.807) is 23.3 Å². The molecule has 5 nitrogen and oxygen atoms in total. The molecule has 0 unspecified atom stereocenters. The third-order valence-electron chi connectivity index (χ3n) is 2.46. The molecule has 0 saturated heterocycles. The highest BCUT2D eigenvalue weighted by atomic mass is 16.7. The van der Waals surface area contributed by atoms with Crippen molar-refractivity contribution in [2.75, 3.05) is 6.61 Å². The third kappa shape index (κ3) is 3.69. The highest BCUT2D eigenvalue weighted by molar-refractivity contribution is 5.56. The molecule has 0 spiro atoms. The van der Waals surface area contributed by atoms with Gasteiger partial charge in [-0.1, -0.05) is 0 Å². The Balaban J connectivity index is 2.92. The van der Waals surface area contributed by atoms with E-state index in [1.165, 1.54) is 6.08 Å². The average Bonchev–Trinajstić information content (AvgIpc) is 2.78. The molecule has 0 amide bonds. The van der Waals surface area contributed by atoms with Crippen LogP contribution in [0.2, 0.25) is 0 Å². The molecule has 1 rings (SSSR count). The second-order valence-electron chi connectivity index (χ2n) is 4.28. The fraction of sp³-hybridized carbons (Fsp3) is 0.538. The molecule has 0 fully saturated rings. The molecule has 1 heterocycles. The fourth-order valence-electron chi connectivity index (χ4n) is 1.77. The van der Waals surface area contributed by atoms with Crippen molar-refractivity contribution in [3.05, 3.63) is 24.8 Å². The number of aromatic nitrogens is 2. The van der Waals surface area contributed by atoms with E-state index in [9.17, 15) is 0 Å². The van der Waals surface area contributed by atoms with E-state index in [0.717, 1.165) is 0 Å². The van der Waals surface area contributed by atoms with Gasteiger partial charge in [0.2, 0.25) is 0 Å². The van der Waals surface area contributed by atoms with E-state index in [2.05, 4.69) is 4.98 Å². The summed E-state index contributed by atoms with van der Waals surface area (Å²) in [4.78, 5) is 3.98. The molecule has 1 aromatic heterocycles. The molecule has 0 saturated carbocycles. The van der Waals surface area contributed by atoms with E-state index >= 15 is 0 Å². The largest absolute Gasteiger partial charge is 0.353 e. The average molecular weight is 249 g/mol. The first kappa shape index (κ1) is 14.4. The van der Waals surface area contributed by atoms with Gasteiger partial charge in [0.05, 0.1) is 18.1 Å². The van der Waals surface area contributed by atoms with Crippen LogP contribution in [-0.4, -0.2) is 28.0 Å². The Kier molecular flexibility index (Phi) is 5.08. The summed E-state index contributed by atoms with van der Waals surface area (Å²) in [6.07, 6.45) is 6.20. The second kappa shape index (κ2) is 6.34. The summed E-state index contributed by atoms with van der Waals surface area (Å²) in [5, 5.41) is 8.89. The van der Waals surface area contributed by atoms with Crippen molar-refractivity contribution in [1.29, 1.82) is 5.26 Å². The highest BCUT2D eigenvalue weighted by Crippen LogP contribution is 2.26. The molecular weight excluding hydrogens is 230 g/mol. The second-order valence-corrected chi connectivity index (χ2v) is 4.28. The highest BCUT2D eigenvalue weighted by Gasteiger charge is 2.28. The van der Waals surface area contributed by atoms with E-state index < -0.39 is 5.60 Å². The van der Waals surface area contributed by atoms with Crippen LogP contribution in [0.3, 0.4) is 0 Å². The number of hydrogen-bond acceptors (Lipinski definition) is 4. The van der Waals surface area contributed by atoms with Crippen LogP contribution >= 0.6 is 0 Å². The van der Waals surface area contributed by atoms with Crippen LogP contribution in [0, 0.1) is 11.3 Å². The normalized spacial score (nSPS) is 14.3. The maximum atomic E-state index is 8.89. The van der Waals surface area contributed by atoms with Gasteiger partial charge in [0.25, 0.3) is 0 Å². The lowest BCUT2D eigenvalue weighted by molar-refractivity contribution is -0.170. The Morgan fingerprint density at radius 2 is 2.33 bits per heavy atom. The molecule has 0 radical (unpaired) electrons. The fourth-order valence-corrected chi connectivity index (χ4v) is 1.77. The van der Waals surface area contributed by atoms with Crippen molar-refractivity contribution in [2.45, 2.75) is 39.6 Å². The molecule has 1 atom stereocenters. The van der Waals surface area contributed by atoms with Gasteiger partial charge in [-0.2, -0.15) is 5.26 Å². The summed E-state index contributed by atoms with van der Waals surface area (Å²) < 4.78 is 13.0. The molecular formula is C13H19N3O2. The number of ether oxygens (including phenoxy) is 2. The van der Waals surface area contributed by atoms with Gasteiger partial charge in [-0.15, -0.1) is 0 Å². The van der Waals surface area contributed by atoms with Crippen LogP contribution in [0.4, 0.5) is 0 Å². The van der Waals surface area contributed by atoms with Gasteiger partial charge >= 0.3 is 0 Å². The van der Waals surface area contributed by atoms with Crippen LogP contribution in [0.5, 0.6) is 0 Å². The van der Waals surface area contributed by atoms with Crippen molar-refractivity contribution >= 4 is 5.70 Å². The van der Waals surface area contributed by atoms with Crippen LogP contribution in [0.25, 0.3) is 5.70 Å². The molecule has 18 heavy (non-hydrogen) atoms. The zero-order valence-electron chi connectivity index (χ0n) is 11.3. The zero-order valence-corrected chi connectivity index (χ0v) is 11.3.